The molecule has 1 aliphatic rings. The van der Waals surface area contributed by atoms with Gasteiger partial charge in [-0.2, -0.15) is 0 Å². The molecule has 19 heavy (non-hydrogen) atoms. The normalized spacial score (nSPS) is 15.3. The fourth-order valence-electron chi connectivity index (χ4n) is 2.14. The molecule has 0 fully saturated rings. The second-order valence-electron chi connectivity index (χ2n) is 4.51. The summed E-state index contributed by atoms with van der Waals surface area (Å²) < 4.78 is 16.1. The highest BCUT2D eigenvalue weighted by atomic mass is 16.5. The molecule has 0 saturated carbocycles. The van der Waals surface area contributed by atoms with Gasteiger partial charge < -0.3 is 24.8 Å². The number of fused-ring (bicyclic) bond motifs is 1. The molecule has 0 amide bonds. The zero-order chi connectivity index (χ0) is 13.5. The molecule has 5 nitrogen and oxygen atoms in total. The highest BCUT2D eigenvalue weighted by molar-refractivity contribution is 5.61. The lowest BCUT2D eigenvalue weighted by atomic mass is 10.1. The Morgan fingerprint density at radius 2 is 2.32 bits per heavy atom. The minimum absolute atomic E-state index is 0.0728. The van der Waals surface area contributed by atoms with E-state index in [1.54, 1.807) is 14.2 Å². The number of benzene rings is 1. The summed E-state index contributed by atoms with van der Waals surface area (Å²) in [6, 6.07) is 6.17. The van der Waals surface area contributed by atoms with Crippen LogP contribution in [0, 0.1) is 0 Å². The molecule has 1 aromatic rings. The summed E-state index contributed by atoms with van der Waals surface area (Å²) in [4.78, 5) is 0. The number of hydrogen-bond acceptors (Lipinski definition) is 5. The van der Waals surface area contributed by atoms with E-state index in [-0.39, 0.29) is 6.10 Å². The van der Waals surface area contributed by atoms with Crippen molar-refractivity contribution in [2.45, 2.75) is 12.6 Å². The van der Waals surface area contributed by atoms with Crippen LogP contribution in [-0.2, 0) is 16.0 Å². The van der Waals surface area contributed by atoms with Gasteiger partial charge in [0, 0.05) is 39.4 Å². The van der Waals surface area contributed by atoms with Crippen LogP contribution >= 0.6 is 0 Å². The summed E-state index contributed by atoms with van der Waals surface area (Å²) in [5.74, 6) is 0.960. The van der Waals surface area contributed by atoms with Crippen molar-refractivity contribution in [3.8, 4) is 5.75 Å². The summed E-state index contributed by atoms with van der Waals surface area (Å²) in [5, 5.41) is 6.71. The predicted octanol–water partition coefficient (Wildman–Crippen LogP) is 1.24. The van der Waals surface area contributed by atoms with Crippen molar-refractivity contribution < 1.29 is 14.2 Å². The van der Waals surface area contributed by atoms with Gasteiger partial charge in [-0.15, -0.1) is 0 Å². The van der Waals surface area contributed by atoms with Crippen LogP contribution in [0.1, 0.15) is 5.56 Å². The SMILES string of the molecule is COCC(CNCc1cccc2c1OCCN2)OC. The Morgan fingerprint density at radius 1 is 1.42 bits per heavy atom. The van der Waals surface area contributed by atoms with Gasteiger partial charge in [0.25, 0.3) is 0 Å². The first kappa shape index (κ1) is 14.1. The zero-order valence-electron chi connectivity index (χ0n) is 11.6. The number of nitrogens with one attached hydrogen (secondary N) is 2. The van der Waals surface area contributed by atoms with E-state index in [4.69, 9.17) is 14.2 Å². The number of para-hydroxylation sites is 1. The molecule has 5 heteroatoms. The van der Waals surface area contributed by atoms with Crippen LogP contribution in [0.3, 0.4) is 0 Å². The second-order valence-corrected chi connectivity index (χ2v) is 4.51. The summed E-state index contributed by atoms with van der Waals surface area (Å²) >= 11 is 0. The summed E-state index contributed by atoms with van der Waals surface area (Å²) in [7, 11) is 3.38. The maximum Gasteiger partial charge on any atom is 0.146 e. The molecule has 0 aliphatic carbocycles. The van der Waals surface area contributed by atoms with Crippen LogP contribution < -0.4 is 15.4 Å². The summed E-state index contributed by atoms with van der Waals surface area (Å²) in [6.07, 6.45) is 0.0728. The Balaban J connectivity index is 1.89. The fourth-order valence-corrected chi connectivity index (χ4v) is 2.14. The molecule has 0 aromatic heterocycles. The minimum Gasteiger partial charge on any atom is -0.489 e. The lowest BCUT2D eigenvalue weighted by molar-refractivity contribution is 0.0287. The molecule has 2 N–H and O–H groups in total. The van der Waals surface area contributed by atoms with E-state index >= 15 is 0 Å². The maximum atomic E-state index is 5.73. The molecule has 1 unspecified atom stereocenters. The lowest BCUT2D eigenvalue weighted by Gasteiger charge is -2.22. The topological polar surface area (TPSA) is 51.8 Å². The molecule has 1 atom stereocenters. The van der Waals surface area contributed by atoms with E-state index in [1.807, 2.05) is 12.1 Å². The first-order valence-electron chi connectivity index (χ1n) is 6.56. The van der Waals surface area contributed by atoms with Crippen LogP contribution in [0.25, 0.3) is 0 Å². The van der Waals surface area contributed by atoms with Crippen molar-refractivity contribution >= 4 is 5.69 Å². The van der Waals surface area contributed by atoms with Crippen molar-refractivity contribution in [1.82, 2.24) is 5.32 Å². The first-order valence-corrected chi connectivity index (χ1v) is 6.56. The molecule has 0 saturated heterocycles. The smallest absolute Gasteiger partial charge is 0.146 e. The lowest BCUT2D eigenvalue weighted by Crippen LogP contribution is -2.31. The third-order valence-corrected chi connectivity index (χ3v) is 3.13. The highest BCUT2D eigenvalue weighted by Gasteiger charge is 2.14. The van der Waals surface area contributed by atoms with Gasteiger partial charge >= 0.3 is 0 Å². The molecular formula is C14H22N2O3. The number of hydrogen-bond donors (Lipinski definition) is 2. The molecule has 1 aromatic carbocycles. The number of methoxy groups -OCH3 is 2. The van der Waals surface area contributed by atoms with Crippen LogP contribution in [0.4, 0.5) is 5.69 Å². The van der Waals surface area contributed by atoms with Crippen LogP contribution in [0.5, 0.6) is 5.75 Å². The van der Waals surface area contributed by atoms with Gasteiger partial charge in [-0.05, 0) is 6.07 Å². The molecule has 106 valence electrons. The van der Waals surface area contributed by atoms with Crippen molar-refractivity contribution in [2.24, 2.45) is 0 Å². The first-order chi connectivity index (χ1) is 9.35. The minimum atomic E-state index is 0.0728. The largest absolute Gasteiger partial charge is 0.489 e. The van der Waals surface area contributed by atoms with E-state index < -0.39 is 0 Å². The zero-order valence-corrected chi connectivity index (χ0v) is 11.6. The van der Waals surface area contributed by atoms with Gasteiger partial charge in [-0.25, -0.2) is 0 Å². The Kier molecular flexibility index (Phi) is 5.44. The van der Waals surface area contributed by atoms with Gasteiger partial charge in [-0.3, -0.25) is 0 Å². The molecular weight excluding hydrogens is 244 g/mol. The molecule has 2 rings (SSSR count). The van der Waals surface area contributed by atoms with Gasteiger partial charge in [-0.1, -0.05) is 12.1 Å². The molecule has 1 aliphatic heterocycles. The predicted molar refractivity (Wildman–Crippen MR) is 74.8 cm³/mol. The third kappa shape index (κ3) is 3.83. The Bertz CT molecular complexity index is 398. The van der Waals surface area contributed by atoms with E-state index in [1.165, 1.54) is 0 Å². The van der Waals surface area contributed by atoms with E-state index in [9.17, 15) is 0 Å². The van der Waals surface area contributed by atoms with Crippen molar-refractivity contribution in [3.63, 3.8) is 0 Å². The van der Waals surface area contributed by atoms with E-state index in [0.717, 1.165) is 36.6 Å². The Morgan fingerprint density at radius 3 is 3.11 bits per heavy atom. The highest BCUT2D eigenvalue weighted by Crippen LogP contribution is 2.30. The van der Waals surface area contributed by atoms with E-state index in [0.29, 0.717) is 13.2 Å². The average molecular weight is 266 g/mol. The van der Waals surface area contributed by atoms with Crippen LogP contribution in [-0.4, -0.2) is 46.6 Å². The van der Waals surface area contributed by atoms with Crippen molar-refractivity contribution in [1.29, 1.82) is 0 Å². The summed E-state index contributed by atoms with van der Waals surface area (Å²) in [5.41, 5.74) is 2.24. The quantitative estimate of drug-likeness (QED) is 0.778. The Labute approximate surface area is 114 Å². The fraction of sp³-hybridized carbons (Fsp3) is 0.571. The molecule has 1 heterocycles. The maximum absolute atomic E-state index is 5.73. The molecule has 0 radical (unpaired) electrons. The van der Waals surface area contributed by atoms with Gasteiger partial charge in [0.05, 0.1) is 18.4 Å². The van der Waals surface area contributed by atoms with Gasteiger partial charge in [0.2, 0.25) is 0 Å². The third-order valence-electron chi connectivity index (χ3n) is 3.13. The average Bonchev–Trinajstić information content (AvgIpc) is 2.46. The number of rotatable bonds is 7. The standard InChI is InChI=1S/C14H22N2O3/c1-17-10-12(18-2)9-15-8-11-4-3-5-13-14(11)19-7-6-16-13/h3-5,12,15-16H,6-10H2,1-2H3. The van der Waals surface area contributed by atoms with Crippen LogP contribution in [0.2, 0.25) is 0 Å². The van der Waals surface area contributed by atoms with Gasteiger partial charge in [0.1, 0.15) is 12.4 Å². The molecule has 0 spiro atoms. The Hall–Kier alpha value is -1.30. The van der Waals surface area contributed by atoms with Crippen molar-refractivity contribution in [3.05, 3.63) is 23.8 Å². The monoisotopic (exact) mass is 266 g/mol. The van der Waals surface area contributed by atoms with Crippen LogP contribution in [0.15, 0.2) is 18.2 Å². The summed E-state index contributed by atoms with van der Waals surface area (Å²) in [6.45, 7) is 3.68. The van der Waals surface area contributed by atoms with Gasteiger partial charge in [0.15, 0.2) is 0 Å². The second kappa shape index (κ2) is 7.33. The number of ether oxygens (including phenoxy) is 3. The molecule has 0 bridgehead atoms. The van der Waals surface area contributed by atoms with E-state index in [2.05, 4.69) is 16.7 Å². The number of anilines is 1. The van der Waals surface area contributed by atoms with Crippen molar-refractivity contribution in [2.75, 3.05) is 45.8 Å².